The zero-order valence-electron chi connectivity index (χ0n) is 10.6. The van der Waals surface area contributed by atoms with Crippen molar-refractivity contribution in [2.75, 3.05) is 5.73 Å². The van der Waals surface area contributed by atoms with Crippen LogP contribution in [0.2, 0.25) is 0 Å². The van der Waals surface area contributed by atoms with Gasteiger partial charge in [0.05, 0.1) is 0 Å². The van der Waals surface area contributed by atoms with Gasteiger partial charge in [0, 0.05) is 17.1 Å². The number of carbonyl (C=O) groups excluding carboxylic acids is 1. The lowest BCUT2D eigenvalue weighted by molar-refractivity contribution is 0.0719. The van der Waals surface area contributed by atoms with Gasteiger partial charge in [-0.25, -0.2) is 4.63 Å². The monoisotopic (exact) mass is 336 g/mol. The molecule has 7 heteroatoms. The molecule has 1 aromatic carbocycles. The second kappa shape index (κ2) is 5.24. The minimum absolute atomic E-state index is 0.0350. The molecule has 6 nitrogen and oxygen atoms in total. The first-order valence-electron chi connectivity index (χ1n) is 6.29. The fourth-order valence-corrected chi connectivity index (χ4v) is 2.45. The molecule has 0 radical (unpaired) electrons. The number of hydrogen-bond acceptors (Lipinski definition) is 5. The third-order valence-electron chi connectivity index (χ3n) is 3.26. The number of benzene rings is 1. The zero-order valence-corrected chi connectivity index (χ0v) is 12.2. The van der Waals surface area contributed by atoms with Gasteiger partial charge in [0.2, 0.25) is 11.5 Å². The van der Waals surface area contributed by atoms with Gasteiger partial charge in [0.15, 0.2) is 0 Å². The normalized spacial score (nSPS) is 14.2. The van der Waals surface area contributed by atoms with E-state index in [2.05, 4.69) is 30.9 Å². The molecule has 1 aliphatic carbocycles. The van der Waals surface area contributed by atoms with Gasteiger partial charge in [-0.15, -0.1) is 0 Å². The van der Waals surface area contributed by atoms with E-state index in [4.69, 9.17) is 5.73 Å². The Labute approximate surface area is 124 Å². The summed E-state index contributed by atoms with van der Waals surface area (Å²) in [6, 6.07) is 8.07. The van der Waals surface area contributed by atoms with Crippen molar-refractivity contribution < 1.29 is 9.42 Å². The summed E-state index contributed by atoms with van der Waals surface area (Å²) in [5, 5.41) is 7.06. The lowest BCUT2D eigenvalue weighted by Crippen LogP contribution is -2.33. The van der Waals surface area contributed by atoms with Crippen LogP contribution in [0, 0.1) is 0 Å². The van der Waals surface area contributed by atoms with Crippen LogP contribution in [0.4, 0.5) is 5.82 Å². The number of rotatable bonds is 4. The number of aromatic nitrogens is 2. The van der Waals surface area contributed by atoms with E-state index in [0.29, 0.717) is 6.54 Å². The van der Waals surface area contributed by atoms with E-state index < -0.39 is 0 Å². The number of hydrogen-bond donors (Lipinski definition) is 1. The standard InChI is InChI=1S/C13H13BrN4O2/c14-10-4-2-1-3-8(10)7-18(9-5-6-9)13(19)11-12(15)17-20-16-11/h1-4,9H,5-7H2,(H2,15,17). The molecule has 1 aromatic heterocycles. The van der Waals surface area contributed by atoms with E-state index in [-0.39, 0.29) is 23.5 Å². The quantitative estimate of drug-likeness (QED) is 0.925. The van der Waals surface area contributed by atoms with Crippen LogP contribution in [0.1, 0.15) is 28.9 Å². The number of carbonyl (C=O) groups is 1. The molecule has 104 valence electrons. The molecule has 1 fully saturated rings. The minimum atomic E-state index is -0.234. The zero-order chi connectivity index (χ0) is 14.1. The Morgan fingerprint density at radius 3 is 2.75 bits per heavy atom. The molecule has 0 saturated heterocycles. The molecular formula is C13H13BrN4O2. The molecule has 0 aliphatic heterocycles. The van der Waals surface area contributed by atoms with Crippen LogP contribution in [0.15, 0.2) is 33.4 Å². The van der Waals surface area contributed by atoms with Gasteiger partial charge in [-0.1, -0.05) is 34.1 Å². The van der Waals surface area contributed by atoms with Crippen molar-refractivity contribution in [3.63, 3.8) is 0 Å². The van der Waals surface area contributed by atoms with Crippen LogP contribution >= 0.6 is 15.9 Å². The molecule has 0 unspecified atom stereocenters. The fraction of sp³-hybridized carbons (Fsp3) is 0.308. The summed E-state index contributed by atoms with van der Waals surface area (Å²) in [6.45, 7) is 0.511. The van der Waals surface area contributed by atoms with Gasteiger partial charge >= 0.3 is 0 Å². The minimum Gasteiger partial charge on any atom is -0.379 e. The summed E-state index contributed by atoms with van der Waals surface area (Å²) >= 11 is 3.50. The van der Waals surface area contributed by atoms with Crippen molar-refractivity contribution in [3.8, 4) is 0 Å². The molecular weight excluding hydrogens is 324 g/mol. The predicted octanol–water partition coefficient (Wildman–Crippen LogP) is 2.22. The smallest absolute Gasteiger partial charge is 0.280 e. The van der Waals surface area contributed by atoms with Gasteiger partial charge in [0.25, 0.3) is 5.91 Å². The van der Waals surface area contributed by atoms with Crippen LogP contribution in [-0.2, 0) is 6.54 Å². The number of nitrogens with zero attached hydrogens (tertiary/aromatic N) is 3. The fourth-order valence-electron chi connectivity index (χ4n) is 2.04. The van der Waals surface area contributed by atoms with Crippen molar-refractivity contribution in [2.45, 2.75) is 25.4 Å². The highest BCUT2D eigenvalue weighted by Gasteiger charge is 2.35. The molecule has 1 heterocycles. The van der Waals surface area contributed by atoms with Crippen molar-refractivity contribution in [1.29, 1.82) is 0 Å². The van der Waals surface area contributed by atoms with E-state index in [9.17, 15) is 4.79 Å². The first-order chi connectivity index (χ1) is 9.66. The first kappa shape index (κ1) is 13.1. The SMILES string of the molecule is Nc1nonc1C(=O)N(Cc1ccccc1Br)C1CC1. The van der Waals surface area contributed by atoms with Gasteiger partial charge < -0.3 is 10.6 Å². The van der Waals surface area contributed by atoms with E-state index in [1.165, 1.54) is 0 Å². The number of nitrogens with two attached hydrogens (primary N) is 1. The molecule has 2 aromatic rings. The second-order valence-electron chi connectivity index (χ2n) is 4.75. The summed E-state index contributed by atoms with van der Waals surface area (Å²) in [5.41, 5.74) is 6.73. The van der Waals surface area contributed by atoms with Crippen LogP contribution in [0.3, 0.4) is 0 Å². The molecule has 0 atom stereocenters. The highest BCUT2D eigenvalue weighted by atomic mass is 79.9. The van der Waals surface area contributed by atoms with Crippen LogP contribution < -0.4 is 5.73 Å². The molecule has 20 heavy (non-hydrogen) atoms. The highest BCUT2D eigenvalue weighted by molar-refractivity contribution is 9.10. The Balaban J connectivity index is 1.85. The molecule has 1 saturated carbocycles. The van der Waals surface area contributed by atoms with E-state index >= 15 is 0 Å². The van der Waals surface area contributed by atoms with Crippen molar-refractivity contribution in [2.24, 2.45) is 0 Å². The second-order valence-corrected chi connectivity index (χ2v) is 5.61. The maximum absolute atomic E-state index is 12.5. The van der Waals surface area contributed by atoms with Crippen molar-refractivity contribution in [1.82, 2.24) is 15.2 Å². The lowest BCUT2D eigenvalue weighted by Gasteiger charge is -2.22. The third-order valence-corrected chi connectivity index (χ3v) is 4.04. The number of anilines is 1. The third kappa shape index (κ3) is 2.53. The van der Waals surface area contributed by atoms with Crippen LogP contribution in [0.5, 0.6) is 0 Å². The summed E-state index contributed by atoms with van der Waals surface area (Å²) < 4.78 is 5.49. The number of halogens is 1. The van der Waals surface area contributed by atoms with Crippen LogP contribution in [-0.4, -0.2) is 27.2 Å². The average molecular weight is 337 g/mol. The Hall–Kier alpha value is -1.89. The van der Waals surface area contributed by atoms with Crippen LogP contribution in [0.25, 0.3) is 0 Å². The molecule has 2 N–H and O–H groups in total. The van der Waals surface area contributed by atoms with Gasteiger partial charge in [-0.2, -0.15) is 0 Å². The summed E-state index contributed by atoms with van der Waals surface area (Å²) in [5.74, 6) is -0.199. The number of amides is 1. The van der Waals surface area contributed by atoms with E-state index in [1.54, 1.807) is 4.90 Å². The predicted molar refractivity (Wildman–Crippen MR) is 75.7 cm³/mol. The average Bonchev–Trinajstić information content (AvgIpc) is 3.19. The highest BCUT2D eigenvalue weighted by Crippen LogP contribution is 2.31. The van der Waals surface area contributed by atoms with Gasteiger partial charge in [-0.3, -0.25) is 4.79 Å². The van der Waals surface area contributed by atoms with E-state index in [1.807, 2.05) is 24.3 Å². The topological polar surface area (TPSA) is 85.2 Å². The molecule has 0 bridgehead atoms. The summed E-state index contributed by atoms with van der Waals surface area (Å²) in [4.78, 5) is 14.3. The lowest BCUT2D eigenvalue weighted by atomic mass is 10.2. The molecule has 1 aliphatic rings. The maximum atomic E-state index is 12.5. The number of nitrogen functional groups attached to an aromatic ring is 1. The van der Waals surface area contributed by atoms with Gasteiger partial charge in [-0.05, 0) is 34.8 Å². The van der Waals surface area contributed by atoms with E-state index in [0.717, 1.165) is 22.9 Å². The Morgan fingerprint density at radius 2 is 2.15 bits per heavy atom. The first-order valence-corrected chi connectivity index (χ1v) is 7.08. The van der Waals surface area contributed by atoms with Crippen molar-refractivity contribution >= 4 is 27.7 Å². The Bertz CT molecular complexity index is 639. The summed E-state index contributed by atoms with van der Waals surface area (Å²) in [7, 11) is 0. The Kier molecular flexibility index (Phi) is 3.43. The molecule has 3 rings (SSSR count). The largest absolute Gasteiger partial charge is 0.379 e. The van der Waals surface area contributed by atoms with Gasteiger partial charge in [0.1, 0.15) is 0 Å². The van der Waals surface area contributed by atoms with Crippen molar-refractivity contribution in [3.05, 3.63) is 40.0 Å². The summed E-state index contributed by atoms with van der Waals surface area (Å²) in [6.07, 6.45) is 2.00. The molecule has 1 amide bonds. The Morgan fingerprint density at radius 1 is 1.40 bits per heavy atom. The maximum Gasteiger partial charge on any atom is 0.280 e. The molecule has 0 spiro atoms.